The number of halogens is 1. The Hall–Kier alpha value is -2.09. The minimum Gasteiger partial charge on any atom is -0.357 e. The molecule has 1 heterocycles. The summed E-state index contributed by atoms with van der Waals surface area (Å²) in [5.74, 6) is 2.24. The maximum Gasteiger partial charge on any atom is 0.191 e. The molecule has 27 heavy (non-hydrogen) atoms. The number of rotatable bonds is 7. The van der Waals surface area contributed by atoms with E-state index in [-0.39, 0.29) is 24.0 Å². The molecule has 5 nitrogen and oxygen atoms in total. The Morgan fingerprint density at radius 1 is 1.07 bits per heavy atom. The van der Waals surface area contributed by atoms with E-state index in [0.717, 1.165) is 48.9 Å². The molecule has 0 amide bonds. The highest BCUT2D eigenvalue weighted by atomic mass is 127. The van der Waals surface area contributed by atoms with Gasteiger partial charge in [-0.05, 0) is 24.6 Å². The molecule has 0 radical (unpaired) electrons. The van der Waals surface area contributed by atoms with Gasteiger partial charge < -0.3 is 15.6 Å². The van der Waals surface area contributed by atoms with Gasteiger partial charge in [-0.2, -0.15) is 0 Å². The van der Waals surface area contributed by atoms with E-state index < -0.39 is 0 Å². The SMILES string of the molecule is CCNC(=NCC(C)c1ccccc1)NCCc1nc2ccccc2[nH]1.I. The smallest absolute Gasteiger partial charge is 0.191 e. The van der Waals surface area contributed by atoms with E-state index in [0.29, 0.717) is 5.92 Å². The number of nitrogens with zero attached hydrogens (tertiary/aromatic N) is 2. The molecule has 0 saturated carbocycles. The largest absolute Gasteiger partial charge is 0.357 e. The van der Waals surface area contributed by atoms with Crippen LogP contribution in [0.5, 0.6) is 0 Å². The van der Waals surface area contributed by atoms with Crippen LogP contribution in [-0.4, -0.2) is 35.6 Å². The van der Waals surface area contributed by atoms with E-state index >= 15 is 0 Å². The molecule has 144 valence electrons. The van der Waals surface area contributed by atoms with Gasteiger partial charge in [0.25, 0.3) is 0 Å². The number of aromatic amines is 1. The van der Waals surface area contributed by atoms with Gasteiger partial charge in [-0.1, -0.05) is 49.4 Å². The molecule has 3 N–H and O–H groups in total. The van der Waals surface area contributed by atoms with Gasteiger partial charge in [-0.3, -0.25) is 4.99 Å². The molecule has 0 aliphatic rings. The zero-order valence-corrected chi connectivity index (χ0v) is 18.2. The van der Waals surface area contributed by atoms with E-state index in [2.05, 4.69) is 64.8 Å². The van der Waals surface area contributed by atoms with Gasteiger partial charge in [-0.25, -0.2) is 4.98 Å². The molecular weight excluding hydrogens is 449 g/mol. The fourth-order valence-corrected chi connectivity index (χ4v) is 2.88. The Labute approximate surface area is 178 Å². The van der Waals surface area contributed by atoms with E-state index in [4.69, 9.17) is 4.99 Å². The summed E-state index contributed by atoms with van der Waals surface area (Å²) in [5.41, 5.74) is 3.41. The monoisotopic (exact) mass is 477 g/mol. The number of guanidine groups is 1. The summed E-state index contributed by atoms with van der Waals surface area (Å²) in [6.07, 6.45) is 0.827. The van der Waals surface area contributed by atoms with Crippen molar-refractivity contribution >= 4 is 41.0 Å². The lowest BCUT2D eigenvalue weighted by Crippen LogP contribution is -2.38. The van der Waals surface area contributed by atoms with Crippen molar-refractivity contribution in [2.75, 3.05) is 19.6 Å². The van der Waals surface area contributed by atoms with Crippen LogP contribution in [0.3, 0.4) is 0 Å². The van der Waals surface area contributed by atoms with Crippen LogP contribution in [0.4, 0.5) is 0 Å². The third kappa shape index (κ3) is 6.23. The highest BCUT2D eigenvalue weighted by Gasteiger charge is 2.06. The molecule has 0 spiro atoms. The minimum atomic E-state index is 0. The fraction of sp³-hybridized carbons (Fsp3) is 0.333. The van der Waals surface area contributed by atoms with Crippen LogP contribution in [0.25, 0.3) is 11.0 Å². The van der Waals surface area contributed by atoms with Crippen LogP contribution < -0.4 is 10.6 Å². The second-order valence-electron chi connectivity index (χ2n) is 6.41. The first kappa shape index (κ1) is 21.2. The van der Waals surface area contributed by atoms with Crippen LogP contribution in [-0.2, 0) is 6.42 Å². The molecule has 0 aliphatic carbocycles. The quantitative estimate of drug-likeness (QED) is 0.273. The van der Waals surface area contributed by atoms with Gasteiger partial charge >= 0.3 is 0 Å². The van der Waals surface area contributed by atoms with Crippen LogP contribution in [0.2, 0.25) is 0 Å². The molecule has 0 saturated heterocycles. The van der Waals surface area contributed by atoms with Crippen molar-refractivity contribution < 1.29 is 0 Å². The number of fused-ring (bicyclic) bond motifs is 1. The summed E-state index contributed by atoms with van der Waals surface area (Å²) < 4.78 is 0. The summed E-state index contributed by atoms with van der Waals surface area (Å²) in [4.78, 5) is 12.7. The number of benzene rings is 2. The van der Waals surface area contributed by atoms with Crippen LogP contribution in [0.15, 0.2) is 59.6 Å². The Morgan fingerprint density at radius 2 is 1.81 bits per heavy atom. The van der Waals surface area contributed by atoms with Gasteiger partial charge in [0.05, 0.1) is 11.0 Å². The van der Waals surface area contributed by atoms with Gasteiger partial charge in [0.2, 0.25) is 0 Å². The van der Waals surface area contributed by atoms with Crippen molar-refractivity contribution in [3.05, 3.63) is 66.0 Å². The maximum atomic E-state index is 4.73. The Morgan fingerprint density at radius 3 is 2.56 bits per heavy atom. The van der Waals surface area contributed by atoms with E-state index in [1.807, 2.05) is 24.3 Å². The molecule has 0 fully saturated rings. The normalized spacial score (nSPS) is 12.4. The van der Waals surface area contributed by atoms with Crippen molar-refractivity contribution in [1.29, 1.82) is 0 Å². The molecule has 0 bridgehead atoms. The molecule has 1 unspecified atom stereocenters. The standard InChI is InChI=1S/C21H27N5.HI/c1-3-22-21(24-15-16(2)17-9-5-4-6-10-17)23-14-13-20-25-18-11-7-8-12-19(18)26-20;/h4-12,16H,3,13-15H2,1-2H3,(H,25,26)(H2,22,23,24);1H. The Kier molecular flexibility index (Phi) is 8.57. The third-order valence-corrected chi connectivity index (χ3v) is 4.33. The Balaban J connectivity index is 0.00000261. The minimum absolute atomic E-state index is 0. The average Bonchev–Trinajstić information content (AvgIpc) is 3.09. The number of imidazole rings is 1. The van der Waals surface area contributed by atoms with E-state index in [1.165, 1.54) is 5.56 Å². The lowest BCUT2D eigenvalue weighted by atomic mass is 10.0. The number of para-hydroxylation sites is 2. The summed E-state index contributed by atoms with van der Waals surface area (Å²) in [5, 5.41) is 6.71. The molecule has 3 aromatic rings. The van der Waals surface area contributed by atoms with Crippen molar-refractivity contribution in [3.63, 3.8) is 0 Å². The first-order chi connectivity index (χ1) is 12.8. The summed E-state index contributed by atoms with van der Waals surface area (Å²) in [7, 11) is 0. The van der Waals surface area contributed by atoms with Gasteiger partial charge in [0.15, 0.2) is 5.96 Å². The van der Waals surface area contributed by atoms with Crippen LogP contribution in [0, 0.1) is 0 Å². The number of hydrogen-bond donors (Lipinski definition) is 3. The predicted molar refractivity (Wildman–Crippen MR) is 124 cm³/mol. The number of hydrogen-bond acceptors (Lipinski definition) is 2. The zero-order chi connectivity index (χ0) is 18.2. The average molecular weight is 477 g/mol. The second kappa shape index (κ2) is 10.9. The maximum absolute atomic E-state index is 4.73. The van der Waals surface area contributed by atoms with Crippen molar-refractivity contribution in [2.24, 2.45) is 4.99 Å². The molecule has 1 atom stereocenters. The van der Waals surface area contributed by atoms with Gasteiger partial charge in [0.1, 0.15) is 5.82 Å². The molecule has 0 aliphatic heterocycles. The van der Waals surface area contributed by atoms with Crippen LogP contribution in [0.1, 0.15) is 31.2 Å². The summed E-state index contributed by atoms with van der Waals surface area (Å²) in [6.45, 7) is 6.67. The third-order valence-electron chi connectivity index (χ3n) is 4.33. The number of H-pyrrole nitrogens is 1. The highest BCUT2D eigenvalue weighted by molar-refractivity contribution is 14.0. The zero-order valence-electron chi connectivity index (χ0n) is 15.9. The van der Waals surface area contributed by atoms with Gasteiger partial charge in [0, 0.05) is 32.0 Å². The first-order valence-electron chi connectivity index (χ1n) is 9.27. The van der Waals surface area contributed by atoms with Gasteiger partial charge in [-0.15, -0.1) is 24.0 Å². The second-order valence-corrected chi connectivity index (χ2v) is 6.41. The Bertz CT molecular complexity index is 811. The first-order valence-corrected chi connectivity index (χ1v) is 9.27. The summed E-state index contributed by atoms with van der Waals surface area (Å²) >= 11 is 0. The molecule has 6 heteroatoms. The van der Waals surface area contributed by atoms with E-state index in [9.17, 15) is 0 Å². The molecule has 3 rings (SSSR count). The lowest BCUT2D eigenvalue weighted by molar-refractivity contribution is 0.741. The topological polar surface area (TPSA) is 65.1 Å². The molecular formula is C21H28IN5. The number of aliphatic imine (C=N–C) groups is 1. The summed E-state index contributed by atoms with van der Waals surface area (Å²) in [6, 6.07) is 18.6. The fourth-order valence-electron chi connectivity index (χ4n) is 2.88. The molecule has 1 aromatic heterocycles. The van der Waals surface area contributed by atoms with Crippen molar-refractivity contribution in [3.8, 4) is 0 Å². The van der Waals surface area contributed by atoms with Crippen molar-refractivity contribution in [2.45, 2.75) is 26.2 Å². The van der Waals surface area contributed by atoms with Crippen molar-refractivity contribution in [1.82, 2.24) is 20.6 Å². The highest BCUT2D eigenvalue weighted by Crippen LogP contribution is 2.14. The predicted octanol–water partition coefficient (Wildman–Crippen LogP) is 4.08. The molecule has 2 aromatic carbocycles. The van der Waals surface area contributed by atoms with E-state index in [1.54, 1.807) is 0 Å². The lowest BCUT2D eigenvalue weighted by Gasteiger charge is -2.13. The van der Waals surface area contributed by atoms with Crippen LogP contribution >= 0.6 is 24.0 Å². The number of nitrogens with one attached hydrogen (secondary N) is 3. The number of aromatic nitrogens is 2.